The van der Waals surface area contributed by atoms with Crippen molar-refractivity contribution in [2.24, 2.45) is 0 Å². The number of hydroxylamine groups is 1. The summed E-state index contributed by atoms with van der Waals surface area (Å²) in [5, 5.41) is 0. The normalized spacial score (nSPS) is 10.2. The van der Waals surface area contributed by atoms with Gasteiger partial charge in [-0.25, -0.2) is 4.79 Å². The topological polar surface area (TPSA) is 38.3 Å². The van der Waals surface area contributed by atoms with Crippen molar-refractivity contribution in [2.75, 3.05) is 6.54 Å². The molecule has 0 radical (unpaired) electrons. The van der Waals surface area contributed by atoms with Gasteiger partial charge in [0, 0.05) is 6.54 Å². The van der Waals surface area contributed by atoms with Gasteiger partial charge in [0.1, 0.15) is 0 Å². The summed E-state index contributed by atoms with van der Waals surface area (Å²) in [5.41, 5.74) is 5.84. The van der Waals surface area contributed by atoms with Crippen molar-refractivity contribution in [3.63, 3.8) is 0 Å². The van der Waals surface area contributed by atoms with Gasteiger partial charge >= 0.3 is 5.97 Å². The largest absolute Gasteiger partial charge is 0.367 e. The number of hydrogen-bond donors (Lipinski definition) is 1. The second kappa shape index (κ2) is 7.46. The van der Waals surface area contributed by atoms with Gasteiger partial charge < -0.3 is 4.84 Å². The van der Waals surface area contributed by atoms with Crippen molar-refractivity contribution in [1.29, 1.82) is 0 Å². The molecule has 1 N–H and O–H groups in total. The van der Waals surface area contributed by atoms with Gasteiger partial charge in [-0.3, -0.25) is 0 Å². The number of carbonyl (C=O) groups is 1. The molecule has 0 fully saturated rings. The molecule has 20 heavy (non-hydrogen) atoms. The van der Waals surface area contributed by atoms with Crippen LogP contribution >= 0.6 is 0 Å². The van der Waals surface area contributed by atoms with Gasteiger partial charge in [-0.15, -0.1) is 0 Å². The minimum atomic E-state index is -0.346. The summed E-state index contributed by atoms with van der Waals surface area (Å²) >= 11 is 0. The molecule has 2 aromatic rings. The van der Waals surface area contributed by atoms with Crippen LogP contribution in [-0.2, 0) is 11.3 Å². The quantitative estimate of drug-likeness (QED) is 0.646. The average Bonchev–Trinajstić information content (AvgIpc) is 2.49. The Bertz CT molecular complexity index is 535. The number of rotatable bonds is 6. The van der Waals surface area contributed by atoms with E-state index in [1.54, 1.807) is 12.1 Å². The van der Waals surface area contributed by atoms with E-state index in [1.165, 1.54) is 11.1 Å². The van der Waals surface area contributed by atoms with Crippen molar-refractivity contribution >= 4 is 5.97 Å². The molecule has 0 aromatic heterocycles. The molecule has 0 heterocycles. The molecular weight excluding hydrogens is 250 g/mol. The predicted octanol–water partition coefficient (Wildman–Crippen LogP) is 3.29. The molecule has 0 amide bonds. The summed E-state index contributed by atoms with van der Waals surface area (Å²) in [4.78, 5) is 16.6. The van der Waals surface area contributed by atoms with Crippen LogP contribution in [0.25, 0.3) is 0 Å². The summed E-state index contributed by atoms with van der Waals surface area (Å²) in [7, 11) is 0. The van der Waals surface area contributed by atoms with Crippen LogP contribution in [0, 0.1) is 6.92 Å². The van der Waals surface area contributed by atoms with E-state index in [2.05, 4.69) is 36.7 Å². The van der Waals surface area contributed by atoms with Gasteiger partial charge in [0.25, 0.3) is 0 Å². The maximum absolute atomic E-state index is 11.6. The highest BCUT2D eigenvalue weighted by Crippen LogP contribution is 2.05. The van der Waals surface area contributed by atoms with E-state index < -0.39 is 0 Å². The monoisotopic (exact) mass is 269 g/mol. The fourth-order valence-corrected chi connectivity index (χ4v) is 1.87. The first-order chi connectivity index (χ1) is 9.75. The third-order valence-electron chi connectivity index (χ3n) is 3.04. The maximum Gasteiger partial charge on any atom is 0.356 e. The van der Waals surface area contributed by atoms with Crippen LogP contribution in [0.1, 0.15) is 27.9 Å². The van der Waals surface area contributed by atoms with E-state index in [-0.39, 0.29) is 5.97 Å². The maximum atomic E-state index is 11.6. The van der Waals surface area contributed by atoms with E-state index in [4.69, 9.17) is 4.84 Å². The fraction of sp³-hybridized carbons (Fsp3) is 0.235. The van der Waals surface area contributed by atoms with Crippen LogP contribution < -0.4 is 5.48 Å². The highest BCUT2D eigenvalue weighted by Gasteiger charge is 2.05. The number of carbonyl (C=O) groups excluding carboxylic acids is 1. The molecule has 0 saturated carbocycles. The summed E-state index contributed by atoms with van der Waals surface area (Å²) in [6.07, 6.45) is 1.89. The van der Waals surface area contributed by atoms with Crippen LogP contribution in [-0.4, -0.2) is 12.5 Å². The first kappa shape index (κ1) is 14.3. The third-order valence-corrected chi connectivity index (χ3v) is 3.04. The summed E-state index contributed by atoms with van der Waals surface area (Å²) < 4.78 is 0. The zero-order chi connectivity index (χ0) is 14.2. The SMILES string of the molecule is Cc1ccc(CCCNOC(=O)c2ccccc2)cc1. The molecule has 0 saturated heterocycles. The smallest absolute Gasteiger partial charge is 0.356 e. The van der Waals surface area contributed by atoms with Crippen molar-refractivity contribution in [2.45, 2.75) is 19.8 Å². The van der Waals surface area contributed by atoms with Crippen molar-refractivity contribution in [3.8, 4) is 0 Å². The van der Waals surface area contributed by atoms with E-state index >= 15 is 0 Å². The second-order valence-electron chi connectivity index (χ2n) is 4.74. The Balaban J connectivity index is 1.64. The minimum Gasteiger partial charge on any atom is -0.367 e. The van der Waals surface area contributed by atoms with Gasteiger partial charge in [-0.2, -0.15) is 5.48 Å². The van der Waals surface area contributed by atoms with Crippen molar-refractivity contribution in [3.05, 3.63) is 71.3 Å². The fourth-order valence-electron chi connectivity index (χ4n) is 1.87. The van der Waals surface area contributed by atoms with Crippen LogP contribution in [0.5, 0.6) is 0 Å². The molecule has 2 rings (SSSR count). The molecule has 0 atom stereocenters. The molecule has 0 aliphatic rings. The summed E-state index contributed by atoms with van der Waals surface area (Å²) in [6, 6.07) is 17.4. The van der Waals surface area contributed by atoms with E-state index in [9.17, 15) is 4.79 Å². The van der Waals surface area contributed by atoms with Gasteiger partial charge in [0.05, 0.1) is 5.56 Å². The van der Waals surface area contributed by atoms with Crippen molar-refractivity contribution in [1.82, 2.24) is 5.48 Å². The number of benzene rings is 2. The first-order valence-corrected chi connectivity index (χ1v) is 6.80. The van der Waals surface area contributed by atoms with Crippen LogP contribution in [0.2, 0.25) is 0 Å². The van der Waals surface area contributed by atoms with Crippen molar-refractivity contribution < 1.29 is 9.63 Å². The zero-order valence-corrected chi connectivity index (χ0v) is 11.6. The van der Waals surface area contributed by atoms with E-state index in [0.717, 1.165) is 12.8 Å². The first-order valence-electron chi connectivity index (χ1n) is 6.80. The molecule has 0 aliphatic carbocycles. The Morgan fingerprint density at radius 1 is 1.05 bits per heavy atom. The Kier molecular flexibility index (Phi) is 5.33. The standard InChI is InChI=1S/C17H19NO2/c1-14-9-11-15(12-10-14)6-5-13-18-20-17(19)16-7-3-2-4-8-16/h2-4,7-12,18H,5-6,13H2,1H3. The summed E-state index contributed by atoms with van der Waals surface area (Å²) in [6.45, 7) is 2.72. The highest BCUT2D eigenvalue weighted by molar-refractivity contribution is 5.89. The number of nitrogens with one attached hydrogen (secondary N) is 1. The zero-order valence-electron chi connectivity index (χ0n) is 11.6. The molecule has 104 valence electrons. The van der Waals surface area contributed by atoms with Gasteiger partial charge in [-0.1, -0.05) is 48.0 Å². The predicted molar refractivity (Wildman–Crippen MR) is 79.4 cm³/mol. The second-order valence-corrected chi connectivity index (χ2v) is 4.74. The molecule has 0 spiro atoms. The molecule has 2 aromatic carbocycles. The number of aryl methyl sites for hydroxylation is 2. The van der Waals surface area contributed by atoms with E-state index in [1.807, 2.05) is 18.2 Å². The van der Waals surface area contributed by atoms with Gasteiger partial charge in [0.15, 0.2) is 0 Å². The minimum absolute atomic E-state index is 0.346. The molecule has 0 unspecified atom stereocenters. The lowest BCUT2D eigenvalue weighted by molar-refractivity contribution is 0.0252. The third kappa shape index (κ3) is 4.52. The average molecular weight is 269 g/mol. The van der Waals surface area contributed by atoms with Crippen LogP contribution in [0.3, 0.4) is 0 Å². The summed E-state index contributed by atoms with van der Waals surface area (Å²) in [5.74, 6) is -0.346. The van der Waals surface area contributed by atoms with Crippen LogP contribution in [0.4, 0.5) is 0 Å². The lowest BCUT2D eigenvalue weighted by Gasteiger charge is -2.06. The van der Waals surface area contributed by atoms with Gasteiger partial charge in [-0.05, 0) is 37.5 Å². The Labute approximate surface area is 119 Å². The van der Waals surface area contributed by atoms with Gasteiger partial charge in [0.2, 0.25) is 0 Å². The molecule has 0 bridgehead atoms. The van der Waals surface area contributed by atoms with Crippen LogP contribution in [0.15, 0.2) is 54.6 Å². The Morgan fingerprint density at radius 3 is 2.45 bits per heavy atom. The lowest BCUT2D eigenvalue weighted by atomic mass is 10.1. The molecule has 3 nitrogen and oxygen atoms in total. The Morgan fingerprint density at radius 2 is 1.75 bits per heavy atom. The Hall–Kier alpha value is -2.13. The lowest BCUT2D eigenvalue weighted by Crippen LogP contribution is -2.21. The van der Waals surface area contributed by atoms with E-state index in [0.29, 0.717) is 12.1 Å². The molecule has 0 aliphatic heterocycles. The molecule has 3 heteroatoms. The number of hydrogen-bond acceptors (Lipinski definition) is 3. The highest BCUT2D eigenvalue weighted by atomic mass is 16.7. The molecular formula is C17H19NO2.